The molecular weight excluding hydrogens is 749 g/mol. The average Bonchev–Trinajstić information content (AvgIpc) is 3.28. The summed E-state index contributed by atoms with van der Waals surface area (Å²) in [6.07, 6.45) is 75.6. The fourth-order valence-corrected chi connectivity index (χ4v) is 10.0. The van der Waals surface area contributed by atoms with Crippen LogP contribution in [0.15, 0.2) is 0 Å². The van der Waals surface area contributed by atoms with Gasteiger partial charge in [-0.3, -0.25) is 0 Å². The maximum atomic E-state index is 2.91. The van der Waals surface area contributed by atoms with Gasteiger partial charge in [0.1, 0.15) is 0 Å². The van der Waals surface area contributed by atoms with E-state index in [1.807, 2.05) is 0 Å². The van der Waals surface area contributed by atoms with Crippen molar-refractivity contribution in [2.75, 3.05) is 26.2 Å². The maximum Gasteiger partial charge on any atom is 0.0133 e. The summed E-state index contributed by atoms with van der Waals surface area (Å²) in [4.78, 5) is 0. The first-order valence-corrected chi connectivity index (χ1v) is 30.3. The molecule has 0 radical (unpaired) electrons. The lowest BCUT2D eigenvalue weighted by Crippen LogP contribution is -2.45. The second-order valence-corrected chi connectivity index (χ2v) is 20.9. The summed E-state index contributed by atoms with van der Waals surface area (Å²) in [6, 6.07) is 0. The summed E-state index contributed by atoms with van der Waals surface area (Å²) >= 11 is 0. The zero-order valence-corrected chi connectivity index (χ0v) is 44.5. The summed E-state index contributed by atoms with van der Waals surface area (Å²) in [5.41, 5.74) is 0. The van der Waals surface area contributed by atoms with Gasteiger partial charge in [0.05, 0.1) is 0 Å². The molecule has 0 heterocycles. The van der Waals surface area contributed by atoms with Crippen LogP contribution in [0.2, 0.25) is 0 Å². The van der Waals surface area contributed by atoms with Crippen molar-refractivity contribution in [3.63, 3.8) is 0 Å². The van der Waals surface area contributed by atoms with Crippen LogP contribution in [0.25, 0.3) is 0 Å². The monoisotopic (exact) mass is 873 g/mol. The van der Waals surface area contributed by atoms with Crippen LogP contribution in [0.5, 0.6) is 0 Å². The molecule has 2 nitrogen and oxygen atoms in total. The van der Waals surface area contributed by atoms with E-state index >= 15 is 0 Å². The van der Waals surface area contributed by atoms with E-state index in [1.165, 1.54) is 360 Å². The third kappa shape index (κ3) is 50.9. The number of hydrogen-bond acceptors (Lipinski definition) is 2. The van der Waals surface area contributed by atoms with E-state index in [4.69, 9.17) is 0 Å². The minimum Gasteiger partial charge on any atom is -0.242 e. The first kappa shape index (κ1) is 61.9. The van der Waals surface area contributed by atoms with Gasteiger partial charge in [-0.05, 0) is 25.7 Å². The lowest BCUT2D eigenvalue weighted by molar-refractivity contribution is -0.0308. The van der Waals surface area contributed by atoms with E-state index in [0.29, 0.717) is 0 Å². The Morgan fingerprint density at radius 3 is 0.339 bits per heavy atom. The van der Waals surface area contributed by atoms with Crippen molar-refractivity contribution < 1.29 is 0 Å². The van der Waals surface area contributed by atoms with Crippen molar-refractivity contribution >= 4 is 0 Å². The largest absolute Gasteiger partial charge is 0.242 e. The Hall–Kier alpha value is -0.0800. The highest BCUT2D eigenvalue weighted by Crippen LogP contribution is 2.19. The molecule has 62 heavy (non-hydrogen) atoms. The number of unbranched alkanes of at least 4 members (excludes halogenated alkanes) is 48. The van der Waals surface area contributed by atoms with Gasteiger partial charge in [-0.25, -0.2) is 10.0 Å². The fourth-order valence-electron chi connectivity index (χ4n) is 10.0. The van der Waals surface area contributed by atoms with Gasteiger partial charge in [0.25, 0.3) is 0 Å². The van der Waals surface area contributed by atoms with Crippen molar-refractivity contribution in [2.45, 2.75) is 362 Å². The highest BCUT2D eigenvalue weighted by molar-refractivity contribution is 4.64. The van der Waals surface area contributed by atoms with Gasteiger partial charge in [0.2, 0.25) is 0 Å². The van der Waals surface area contributed by atoms with E-state index in [-0.39, 0.29) is 0 Å². The Kier molecular flexibility index (Phi) is 57.0. The SMILES string of the molecule is CCCCCCCCCCCCCCCCCCN(CCCCCCCCCCCCCCCCCC)N(CCCCCCCCCCCC)CCCCCCCCCCCC. The third-order valence-corrected chi connectivity index (χ3v) is 14.5. The van der Waals surface area contributed by atoms with Crippen LogP contribution in [-0.2, 0) is 0 Å². The maximum absolute atomic E-state index is 2.91. The average molecular weight is 874 g/mol. The highest BCUT2D eigenvalue weighted by Gasteiger charge is 2.15. The van der Waals surface area contributed by atoms with Crippen molar-refractivity contribution in [1.82, 2.24) is 10.0 Å². The van der Waals surface area contributed by atoms with E-state index in [9.17, 15) is 0 Å². The molecule has 0 rings (SSSR count). The summed E-state index contributed by atoms with van der Waals surface area (Å²) in [6.45, 7) is 14.6. The second kappa shape index (κ2) is 57.0. The van der Waals surface area contributed by atoms with Crippen molar-refractivity contribution in [3.05, 3.63) is 0 Å². The molecule has 0 bridgehead atoms. The molecule has 0 amide bonds. The van der Waals surface area contributed by atoms with Crippen LogP contribution in [-0.4, -0.2) is 36.2 Å². The molecule has 0 unspecified atom stereocenters. The number of hydrazine groups is 1. The highest BCUT2D eigenvalue weighted by atomic mass is 15.6. The molecule has 0 aromatic rings. The van der Waals surface area contributed by atoms with Gasteiger partial charge in [-0.15, -0.1) is 0 Å². The summed E-state index contributed by atoms with van der Waals surface area (Å²) in [5.74, 6) is 0. The molecule has 0 aliphatic carbocycles. The Bertz CT molecular complexity index is 691. The molecule has 0 aromatic carbocycles. The zero-order valence-electron chi connectivity index (χ0n) is 44.5. The molecule has 2 heteroatoms. The molecule has 0 aliphatic heterocycles. The molecule has 0 atom stereocenters. The Labute approximate surface area is 396 Å². The van der Waals surface area contributed by atoms with Crippen LogP contribution in [0, 0.1) is 0 Å². The predicted molar refractivity (Wildman–Crippen MR) is 286 cm³/mol. The van der Waals surface area contributed by atoms with Crippen molar-refractivity contribution in [1.29, 1.82) is 0 Å². The van der Waals surface area contributed by atoms with E-state index in [1.54, 1.807) is 0 Å². The number of hydrogen-bond donors (Lipinski definition) is 0. The minimum absolute atomic E-state index is 1.31. The van der Waals surface area contributed by atoms with Crippen LogP contribution in [0.3, 0.4) is 0 Å². The third-order valence-electron chi connectivity index (χ3n) is 14.5. The van der Waals surface area contributed by atoms with E-state index in [0.717, 1.165) is 0 Å². The van der Waals surface area contributed by atoms with Crippen molar-refractivity contribution in [2.24, 2.45) is 0 Å². The molecule has 0 aliphatic rings. The molecule has 0 N–H and O–H groups in total. The summed E-state index contributed by atoms with van der Waals surface area (Å²) in [7, 11) is 0. The van der Waals surface area contributed by atoms with Crippen LogP contribution in [0.4, 0.5) is 0 Å². The van der Waals surface area contributed by atoms with E-state index in [2.05, 4.69) is 37.7 Å². The minimum atomic E-state index is 1.31. The van der Waals surface area contributed by atoms with E-state index < -0.39 is 0 Å². The standard InChI is InChI=1S/C60H124N2/c1-5-9-13-17-21-25-29-31-33-35-37-39-43-47-51-55-59-62(60-56-52-48-44-40-38-36-34-32-30-26-22-18-14-10-6-2)61(57-53-49-45-41-27-23-19-15-11-7-3)58-54-50-46-42-28-24-20-16-12-8-4/h5-60H2,1-4H3. The number of rotatable bonds is 57. The van der Waals surface area contributed by atoms with Gasteiger partial charge in [-0.1, -0.05) is 336 Å². The Morgan fingerprint density at radius 1 is 0.129 bits per heavy atom. The van der Waals surface area contributed by atoms with Gasteiger partial charge in [0.15, 0.2) is 0 Å². The van der Waals surface area contributed by atoms with Crippen LogP contribution < -0.4 is 0 Å². The Morgan fingerprint density at radius 2 is 0.226 bits per heavy atom. The fraction of sp³-hybridized carbons (Fsp3) is 1.00. The van der Waals surface area contributed by atoms with Crippen LogP contribution >= 0.6 is 0 Å². The Balaban J connectivity index is 4.77. The van der Waals surface area contributed by atoms with Crippen LogP contribution in [0.1, 0.15) is 362 Å². The first-order valence-electron chi connectivity index (χ1n) is 30.3. The molecule has 374 valence electrons. The lowest BCUT2D eigenvalue weighted by atomic mass is 10.0. The van der Waals surface area contributed by atoms with Gasteiger partial charge in [-0.2, -0.15) is 0 Å². The molecule has 0 saturated carbocycles. The quantitative estimate of drug-likeness (QED) is 0.0444. The normalized spacial score (nSPS) is 11.9. The molecule has 0 fully saturated rings. The predicted octanol–water partition coefficient (Wildman–Crippen LogP) is 21.9. The van der Waals surface area contributed by atoms with Gasteiger partial charge < -0.3 is 0 Å². The topological polar surface area (TPSA) is 6.48 Å². The molecule has 0 saturated heterocycles. The molecule has 0 spiro atoms. The summed E-state index contributed by atoms with van der Waals surface area (Å²) in [5, 5.41) is 5.82. The smallest absolute Gasteiger partial charge is 0.0133 e. The molecule has 0 aromatic heterocycles. The van der Waals surface area contributed by atoms with Gasteiger partial charge >= 0.3 is 0 Å². The second-order valence-electron chi connectivity index (χ2n) is 20.9. The van der Waals surface area contributed by atoms with Crippen molar-refractivity contribution in [3.8, 4) is 0 Å². The molecular formula is C60H124N2. The lowest BCUT2D eigenvalue weighted by Gasteiger charge is -2.36. The van der Waals surface area contributed by atoms with Gasteiger partial charge in [0, 0.05) is 26.2 Å². The first-order chi connectivity index (χ1) is 30.8. The summed E-state index contributed by atoms with van der Waals surface area (Å²) < 4.78 is 0. The zero-order chi connectivity index (χ0) is 44.8. The number of nitrogens with zero attached hydrogens (tertiary/aromatic N) is 2.